The Morgan fingerprint density at radius 2 is 1.85 bits per heavy atom. The second-order valence-corrected chi connectivity index (χ2v) is 7.97. The van der Waals surface area contributed by atoms with Gasteiger partial charge in [-0.3, -0.25) is 9.69 Å². The molecule has 3 rings (SSSR count). The number of anilines is 1. The maximum atomic E-state index is 14.1. The van der Waals surface area contributed by atoms with E-state index in [9.17, 15) is 9.18 Å². The van der Waals surface area contributed by atoms with Gasteiger partial charge >= 0.3 is 0 Å². The van der Waals surface area contributed by atoms with Crippen LogP contribution in [0.3, 0.4) is 0 Å². The van der Waals surface area contributed by atoms with Crippen LogP contribution in [0.25, 0.3) is 0 Å². The first-order valence-electron chi connectivity index (χ1n) is 9.41. The van der Waals surface area contributed by atoms with E-state index in [-0.39, 0.29) is 17.8 Å². The van der Waals surface area contributed by atoms with Crippen LogP contribution < -0.4 is 10.2 Å². The number of halogens is 1. The van der Waals surface area contributed by atoms with Crippen LogP contribution in [0.5, 0.6) is 0 Å². The highest BCUT2D eigenvalue weighted by Crippen LogP contribution is 2.26. The molecule has 1 aliphatic heterocycles. The molecule has 2 aromatic rings. The third-order valence-corrected chi connectivity index (χ3v) is 4.96. The summed E-state index contributed by atoms with van der Waals surface area (Å²) in [6, 6.07) is 10.7. The first kappa shape index (κ1) is 19.4. The molecule has 6 heteroatoms. The van der Waals surface area contributed by atoms with E-state index in [2.05, 4.69) is 15.1 Å². The van der Waals surface area contributed by atoms with Gasteiger partial charge in [-0.05, 0) is 24.3 Å². The zero-order valence-corrected chi connectivity index (χ0v) is 16.2. The molecule has 0 saturated carbocycles. The second kappa shape index (κ2) is 8.13. The summed E-state index contributed by atoms with van der Waals surface area (Å²) in [5.74, 6) is 0.665. The van der Waals surface area contributed by atoms with Gasteiger partial charge in [-0.2, -0.15) is 0 Å². The number of rotatable bonds is 5. The number of carbonyl (C=O) groups is 1. The van der Waals surface area contributed by atoms with Gasteiger partial charge in [0.05, 0.1) is 18.0 Å². The summed E-state index contributed by atoms with van der Waals surface area (Å²) in [4.78, 5) is 16.6. The smallest absolute Gasteiger partial charge is 0.225 e. The zero-order chi connectivity index (χ0) is 19.4. The van der Waals surface area contributed by atoms with E-state index in [1.807, 2.05) is 45.0 Å². The molecule has 5 nitrogen and oxygen atoms in total. The van der Waals surface area contributed by atoms with Crippen molar-refractivity contribution in [1.29, 1.82) is 0 Å². The normalized spacial score (nSPS) is 17.0. The van der Waals surface area contributed by atoms with Crippen molar-refractivity contribution in [1.82, 2.24) is 10.2 Å². The van der Waals surface area contributed by atoms with Gasteiger partial charge in [-0.25, -0.2) is 4.39 Å². The highest BCUT2D eigenvalue weighted by molar-refractivity contribution is 5.81. The van der Waals surface area contributed by atoms with Gasteiger partial charge in [0, 0.05) is 38.1 Å². The lowest BCUT2D eigenvalue weighted by atomic mass is 9.95. The zero-order valence-electron chi connectivity index (χ0n) is 16.2. The van der Waals surface area contributed by atoms with Crippen LogP contribution in [-0.4, -0.2) is 43.5 Å². The molecule has 0 aliphatic carbocycles. The Kier molecular flexibility index (Phi) is 5.85. The summed E-state index contributed by atoms with van der Waals surface area (Å²) in [6.45, 7) is 9.18. The van der Waals surface area contributed by atoms with Gasteiger partial charge in [0.2, 0.25) is 5.91 Å². The molecule has 1 aliphatic rings. The Hall–Kier alpha value is -2.34. The highest BCUT2D eigenvalue weighted by atomic mass is 19.1. The minimum Gasteiger partial charge on any atom is -0.468 e. The summed E-state index contributed by atoms with van der Waals surface area (Å²) >= 11 is 0. The van der Waals surface area contributed by atoms with Crippen molar-refractivity contribution in [3.05, 3.63) is 54.2 Å². The van der Waals surface area contributed by atoms with Crippen LogP contribution in [0, 0.1) is 11.2 Å². The molecule has 1 unspecified atom stereocenters. The predicted molar refractivity (Wildman–Crippen MR) is 104 cm³/mol. The molecular formula is C21H28FN3O2. The lowest BCUT2D eigenvalue weighted by Gasteiger charge is -2.39. The number of benzene rings is 1. The van der Waals surface area contributed by atoms with E-state index in [0.717, 1.165) is 31.9 Å². The van der Waals surface area contributed by atoms with Crippen molar-refractivity contribution in [3.63, 3.8) is 0 Å². The molecule has 1 aromatic heterocycles. The summed E-state index contributed by atoms with van der Waals surface area (Å²) in [5, 5.41) is 3.05. The number of carbonyl (C=O) groups excluding carboxylic acids is 1. The highest BCUT2D eigenvalue weighted by Gasteiger charge is 2.29. The Morgan fingerprint density at radius 1 is 1.15 bits per heavy atom. The number of nitrogens with one attached hydrogen (secondary N) is 1. The Morgan fingerprint density at radius 3 is 2.44 bits per heavy atom. The van der Waals surface area contributed by atoms with Crippen molar-refractivity contribution < 1.29 is 13.6 Å². The van der Waals surface area contributed by atoms with Crippen LogP contribution in [0.1, 0.15) is 32.6 Å². The van der Waals surface area contributed by atoms with E-state index < -0.39 is 5.41 Å². The summed E-state index contributed by atoms with van der Waals surface area (Å²) in [5.41, 5.74) is 0.213. The predicted octanol–water partition coefficient (Wildman–Crippen LogP) is 3.44. The summed E-state index contributed by atoms with van der Waals surface area (Å²) in [6.07, 6.45) is 1.66. The van der Waals surface area contributed by atoms with E-state index in [4.69, 9.17) is 4.42 Å². The van der Waals surface area contributed by atoms with Crippen molar-refractivity contribution >= 4 is 11.6 Å². The number of furan rings is 1. The molecule has 1 aromatic carbocycles. The van der Waals surface area contributed by atoms with Crippen LogP contribution >= 0.6 is 0 Å². The van der Waals surface area contributed by atoms with Crippen molar-refractivity contribution in [2.45, 2.75) is 26.8 Å². The fourth-order valence-electron chi connectivity index (χ4n) is 3.33. The molecule has 2 heterocycles. The second-order valence-electron chi connectivity index (χ2n) is 7.97. The SMILES string of the molecule is CC(C)(C)C(=O)NCC(c1ccco1)N1CCN(c2ccccc2F)CC1. The molecule has 1 saturated heterocycles. The fourth-order valence-corrected chi connectivity index (χ4v) is 3.33. The standard InChI is InChI=1S/C21H28FN3O2/c1-21(2,3)20(26)23-15-18(19-9-6-14-27-19)25-12-10-24(11-13-25)17-8-5-4-7-16(17)22/h4-9,14,18H,10-13,15H2,1-3H3,(H,23,26). The van der Waals surface area contributed by atoms with Gasteiger partial charge in [0.25, 0.3) is 0 Å². The molecule has 27 heavy (non-hydrogen) atoms. The Labute approximate surface area is 160 Å². The number of amides is 1. The van der Waals surface area contributed by atoms with Gasteiger partial charge in [0.15, 0.2) is 0 Å². The monoisotopic (exact) mass is 373 g/mol. The molecular weight excluding hydrogens is 345 g/mol. The van der Waals surface area contributed by atoms with Crippen molar-refractivity contribution in [2.75, 3.05) is 37.6 Å². The van der Waals surface area contributed by atoms with Crippen LogP contribution in [0.2, 0.25) is 0 Å². The average molecular weight is 373 g/mol. The lowest BCUT2D eigenvalue weighted by Crippen LogP contribution is -2.50. The van der Waals surface area contributed by atoms with Gasteiger partial charge in [0.1, 0.15) is 11.6 Å². The largest absolute Gasteiger partial charge is 0.468 e. The van der Waals surface area contributed by atoms with E-state index >= 15 is 0 Å². The Balaban J connectivity index is 1.66. The fraction of sp³-hybridized carbons (Fsp3) is 0.476. The maximum absolute atomic E-state index is 14.1. The van der Waals surface area contributed by atoms with Crippen LogP contribution in [-0.2, 0) is 4.79 Å². The average Bonchev–Trinajstić information content (AvgIpc) is 3.16. The summed E-state index contributed by atoms with van der Waals surface area (Å²) in [7, 11) is 0. The molecule has 0 spiro atoms. The van der Waals surface area contributed by atoms with Crippen LogP contribution in [0.15, 0.2) is 47.1 Å². The van der Waals surface area contributed by atoms with Crippen molar-refractivity contribution in [3.8, 4) is 0 Å². The third-order valence-electron chi connectivity index (χ3n) is 4.96. The van der Waals surface area contributed by atoms with Crippen LogP contribution in [0.4, 0.5) is 10.1 Å². The molecule has 0 radical (unpaired) electrons. The molecule has 0 bridgehead atoms. The van der Waals surface area contributed by atoms with Gasteiger partial charge < -0.3 is 14.6 Å². The molecule has 1 N–H and O–H groups in total. The van der Waals surface area contributed by atoms with E-state index in [1.165, 1.54) is 6.07 Å². The minimum absolute atomic E-state index is 0.0176. The lowest BCUT2D eigenvalue weighted by molar-refractivity contribution is -0.128. The topological polar surface area (TPSA) is 48.7 Å². The number of hydrogen-bond acceptors (Lipinski definition) is 4. The van der Waals surface area contributed by atoms with Gasteiger partial charge in [-0.15, -0.1) is 0 Å². The van der Waals surface area contributed by atoms with Gasteiger partial charge in [-0.1, -0.05) is 32.9 Å². The quantitative estimate of drug-likeness (QED) is 0.872. The third kappa shape index (κ3) is 4.69. The number of piperazine rings is 1. The Bertz CT molecular complexity index is 747. The minimum atomic E-state index is -0.433. The van der Waals surface area contributed by atoms with E-state index in [1.54, 1.807) is 12.3 Å². The number of hydrogen-bond donors (Lipinski definition) is 1. The first-order valence-corrected chi connectivity index (χ1v) is 9.41. The molecule has 146 valence electrons. The first-order chi connectivity index (χ1) is 12.9. The number of para-hydroxylation sites is 1. The molecule has 1 amide bonds. The summed E-state index contributed by atoms with van der Waals surface area (Å²) < 4.78 is 19.7. The number of nitrogens with zero attached hydrogens (tertiary/aromatic N) is 2. The van der Waals surface area contributed by atoms with E-state index in [0.29, 0.717) is 12.2 Å². The maximum Gasteiger partial charge on any atom is 0.225 e. The van der Waals surface area contributed by atoms with Crippen molar-refractivity contribution in [2.24, 2.45) is 5.41 Å². The molecule has 1 atom stereocenters. The molecule has 1 fully saturated rings.